The van der Waals surface area contributed by atoms with Gasteiger partial charge in [-0.15, -0.1) is 0 Å². The van der Waals surface area contributed by atoms with Crippen LogP contribution in [0, 0.1) is 10.1 Å². The van der Waals surface area contributed by atoms with E-state index in [0.29, 0.717) is 17.7 Å². The number of hydrogen-bond acceptors (Lipinski definition) is 6. The molecule has 0 radical (unpaired) electrons. The standard InChI is InChI=1S/C13H21N5O2/c1-14-12-7-11(18(19)20)8-13(16-12)15-9-10-5-3-4-6-17(10)2/h7-8,10H,3-6,9H2,1-2H3,(H2,14,15,16). The Morgan fingerprint density at radius 2 is 2.20 bits per heavy atom. The normalized spacial score (nSPS) is 19.6. The van der Waals surface area contributed by atoms with Crippen LogP contribution in [0.5, 0.6) is 0 Å². The first-order valence-corrected chi connectivity index (χ1v) is 6.88. The number of likely N-dealkylation sites (N-methyl/N-ethyl adjacent to an activating group) is 1. The molecular formula is C13H21N5O2. The molecule has 1 aromatic heterocycles. The summed E-state index contributed by atoms with van der Waals surface area (Å²) in [7, 11) is 3.82. The van der Waals surface area contributed by atoms with Gasteiger partial charge in [-0.1, -0.05) is 6.42 Å². The van der Waals surface area contributed by atoms with E-state index in [9.17, 15) is 10.1 Å². The van der Waals surface area contributed by atoms with Crippen molar-refractivity contribution < 1.29 is 4.92 Å². The summed E-state index contributed by atoms with van der Waals surface area (Å²) in [4.78, 5) is 17.1. The Kier molecular flexibility index (Phi) is 4.73. The minimum atomic E-state index is -0.402. The topological polar surface area (TPSA) is 83.3 Å². The molecule has 0 spiro atoms. The van der Waals surface area contributed by atoms with E-state index in [1.54, 1.807) is 7.05 Å². The number of hydrogen-bond donors (Lipinski definition) is 2. The van der Waals surface area contributed by atoms with Crippen LogP contribution in [0.25, 0.3) is 0 Å². The molecule has 110 valence electrons. The fraction of sp³-hybridized carbons (Fsp3) is 0.615. The Balaban J connectivity index is 2.04. The summed E-state index contributed by atoms with van der Waals surface area (Å²) >= 11 is 0. The van der Waals surface area contributed by atoms with Crippen LogP contribution in [0.4, 0.5) is 17.3 Å². The van der Waals surface area contributed by atoms with Crippen molar-refractivity contribution in [1.82, 2.24) is 9.88 Å². The van der Waals surface area contributed by atoms with E-state index in [1.165, 1.54) is 25.0 Å². The molecule has 1 aliphatic rings. The number of nitro groups is 1. The molecule has 0 aromatic carbocycles. The average molecular weight is 279 g/mol. The van der Waals surface area contributed by atoms with Crippen molar-refractivity contribution in [2.75, 3.05) is 37.8 Å². The Morgan fingerprint density at radius 1 is 1.45 bits per heavy atom. The number of nitrogens with one attached hydrogen (secondary N) is 2. The minimum Gasteiger partial charge on any atom is -0.373 e. The van der Waals surface area contributed by atoms with Gasteiger partial charge in [0.2, 0.25) is 0 Å². The highest BCUT2D eigenvalue weighted by atomic mass is 16.6. The summed E-state index contributed by atoms with van der Waals surface area (Å²) in [5.41, 5.74) is 0.0452. The Hall–Kier alpha value is -1.89. The molecule has 1 atom stereocenters. The van der Waals surface area contributed by atoms with Crippen LogP contribution in [0.15, 0.2) is 12.1 Å². The van der Waals surface area contributed by atoms with Crippen LogP contribution >= 0.6 is 0 Å². The Labute approximate surface area is 118 Å². The highest BCUT2D eigenvalue weighted by Crippen LogP contribution is 2.21. The van der Waals surface area contributed by atoms with Crippen LogP contribution in [0.2, 0.25) is 0 Å². The Bertz CT molecular complexity index is 480. The summed E-state index contributed by atoms with van der Waals surface area (Å²) in [6.07, 6.45) is 3.63. The second kappa shape index (κ2) is 6.51. The van der Waals surface area contributed by atoms with E-state index in [1.807, 2.05) is 0 Å². The molecule has 0 aliphatic carbocycles. The zero-order valence-electron chi connectivity index (χ0n) is 11.9. The van der Waals surface area contributed by atoms with Crippen LogP contribution in [0.1, 0.15) is 19.3 Å². The van der Waals surface area contributed by atoms with Crippen molar-refractivity contribution >= 4 is 17.3 Å². The van der Waals surface area contributed by atoms with Gasteiger partial charge in [0.05, 0.1) is 17.1 Å². The first kappa shape index (κ1) is 14.5. The highest BCUT2D eigenvalue weighted by Gasteiger charge is 2.19. The van der Waals surface area contributed by atoms with Crippen molar-refractivity contribution in [2.45, 2.75) is 25.3 Å². The monoisotopic (exact) mass is 279 g/mol. The van der Waals surface area contributed by atoms with Crippen LogP contribution in [-0.2, 0) is 0 Å². The number of piperidine rings is 1. The molecule has 0 amide bonds. The number of likely N-dealkylation sites (tertiary alicyclic amines) is 1. The second-order valence-corrected chi connectivity index (χ2v) is 5.11. The van der Waals surface area contributed by atoms with Gasteiger partial charge in [0, 0.05) is 19.6 Å². The number of rotatable bonds is 5. The quantitative estimate of drug-likeness (QED) is 0.633. The van der Waals surface area contributed by atoms with Gasteiger partial charge in [0.15, 0.2) is 0 Å². The maximum atomic E-state index is 10.9. The summed E-state index contributed by atoms with van der Waals surface area (Å²) in [6.45, 7) is 1.87. The first-order chi connectivity index (χ1) is 9.60. The van der Waals surface area contributed by atoms with Crippen molar-refractivity contribution in [3.05, 3.63) is 22.2 Å². The third kappa shape index (κ3) is 3.57. The van der Waals surface area contributed by atoms with Crippen molar-refractivity contribution in [3.63, 3.8) is 0 Å². The molecule has 7 nitrogen and oxygen atoms in total. The van der Waals surface area contributed by atoms with Gasteiger partial charge >= 0.3 is 0 Å². The SMILES string of the molecule is CNc1cc([N+](=O)[O-])cc(NCC2CCCCN2C)n1. The van der Waals surface area contributed by atoms with Gasteiger partial charge in [-0.25, -0.2) is 4.98 Å². The number of aromatic nitrogens is 1. The van der Waals surface area contributed by atoms with Crippen LogP contribution in [0.3, 0.4) is 0 Å². The van der Waals surface area contributed by atoms with E-state index < -0.39 is 4.92 Å². The van der Waals surface area contributed by atoms with E-state index in [-0.39, 0.29) is 5.69 Å². The fourth-order valence-electron chi connectivity index (χ4n) is 2.46. The summed E-state index contributed by atoms with van der Waals surface area (Å²) < 4.78 is 0. The molecule has 2 rings (SSSR count). The van der Waals surface area contributed by atoms with Gasteiger partial charge < -0.3 is 15.5 Å². The number of anilines is 2. The zero-order valence-corrected chi connectivity index (χ0v) is 11.9. The molecule has 1 aliphatic heterocycles. The van der Waals surface area contributed by atoms with Gasteiger partial charge in [0.25, 0.3) is 5.69 Å². The molecule has 2 N–H and O–H groups in total. The predicted octanol–water partition coefficient (Wildman–Crippen LogP) is 1.93. The van der Waals surface area contributed by atoms with Crippen molar-refractivity contribution in [1.29, 1.82) is 0 Å². The number of nitrogens with zero attached hydrogens (tertiary/aromatic N) is 3. The molecule has 7 heteroatoms. The molecule has 1 saturated heterocycles. The van der Waals surface area contributed by atoms with E-state index in [0.717, 1.165) is 19.5 Å². The predicted molar refractivity (Wildman–Crippen MR) is 79.2 cm³/mol. The molecule has 2 heterocycles. The third-order valence-electron chi connectivity index (χ3n) is 3.72. The van der Waals surface area contributed by atoms with Gasteiger partial charge in [-0.05, 0) is 26.4 Å². The molecule has 0 saturated carbocycles. The summed E-state index contributed by atoms with van der Waals surface area (Å²) in [5.74, 6) is 1.04. The molecule has 20 heavy (non-hydrogen) atoms. The van der Waals surface area contributed by atoms with Gasteiger partial charge in [0.1, 0.15) is 11.6 Å². The highest BCUT2D eigenvalue weighted by molar-refractivity contribution is 5.54. The molecule has 1 fully saturated rings. The fourth-order valence-corrected chi connectivity index (χ4v) is 2.46. The lowest BCUT2D eigenvalue weighted by atomic mass is 10.0. The van der Waals surface area contributed by atoms with Crippen LogP contribution in [-0.4, -0.2) is 48.0 Å². The maximum Gasteiger partial charge on any atom is 0.276 e. The molecular weight excluding hydrogens is 258 g/mol. The molecule has 0 bridgehead atoms. The first-order valence-electron chi connectivity index (χ1n) is 6.88. The minimum absolute atomic E-state index is 0.0452. The third-order valence-corrected chi connectivity index (χ3v) is 3.72. The smallest absolute Gasteiger partial charge is 0.276 e. The van der Waals surface area contributed by atoms with Crippen molar-refractivity contribution in [3.8, 4) is 0 Å². The lowest BCUT2D eigenvalue weighted by Crippen LogP contribution is -2.40. The molecule has 1 unspecified atom stereocenters. The average Bonchev–Trinajstić information content (AvgIpc) is 2.46. The Morgan fingerprint density at radius 3 is 2.85 bits per heavy atom. The molecule has 1 aromatic rings. The lowest BCUT2D eigenvalue weighted by molar-refractivity contribution is -0.384. The number of pyridine rings is 1. The summed E-state index contributed by atoms with van der Waals surface area (Å²) in [5, 5.41) is 17.0. The lowest BCUT2D eigenvalue weighted by Gasteiger charge is -2.32. The van der Waals surface area contributed by atoms with E-state index >= 15 is 0 Å². The largest absolute Gasteiger partial charge is 0.373 e. The second-order valence-electron chi connectivity index (χ2n) is 5.11. The van der Waals surface area contributed by atoms with E-state index in [2.05, 4.69) is 27.6 Å². The van der Waals surface area contributed by atoms with E-state index in [4.69, 9.17) is 0 Å². The summed E-state index contributed by atoms with van der Waals surface area (Å²) in [6, 6.07) is 3.37. The van der Waals surface area contributed by atoms with Gasteiger partial charge in [-0.2, -0.15) is 0 Å². The maximum absolute atomic E-state index is 10.9. The van der Waals surface area contributed by atoms with Gasteiger partial charge in [-0.3, -0.25) is 10.1 Å². The van der Waals surface area contributed by atoms with Crippen LogP contribution < -0.4 is 10.6 Å². The zero-order chi connectivity index (χ0) is 14.5. The van der Waals surface area contributed by atoms with Crippen molar-refractivity contribution in [2.24, 2.45) is 0 Å².